The van der Waals surface area contributed by atoms with Crippen molar-refractivity contribution in [1.82, 2.24) is 19.9 Å². The zero-order chi connectivity index (χ0) is 19.7. The number of phenolic OH excluding ortho intramolecular Hbond substituents is 1. The number of piperidine rings is 3. The van der Waals surface area contributed by atoms with E-state index in [4.69, 9.17) is 0 Å². The van der Waals surface area contributed by atoms with Crippen molar-refractivity contribution in [3.8, 4) is 17.0 Å². The van der Waals surface area contributed by atoms with Gasteiger partial charge in [-0.05, 0) is 18.1 Å². The van der Waals surface area contributed by atoms with Crippen molar-refractivity contribution in [2.24, 2.45) is 11.8 Å². The normalized spacial score (nSPS) is 26.2. The van der Waals surface area contributed by atoms with Crippen LogP contribution in [-0.4, -0.2) is 63.6 Å². The Balaban J connectivity index is 1.41. The van der Waals surface area contributed by atoms with Crippen molar-refractivity contribution in [3.05, 3.63) is 43.1 Å². The SMILES string of the molecule is C=CCN(C)C(=O)[C@H]1C[NH+]2CC[C@@H]1C[C@@H]2Cn1cc(-c2cccc(O)c2)nn1. The number of aromatic nitrogens is 3. The molecule has 1 amide bonds. The molecular formula is C21H28N5O2+. The molecule has 7 heteroatoms. The zero-order valence-electron chi connectivity index (χ0n) is 16.3. The Labute approximate surface area is 165 Å². The predicted molar refractivity (Wildman–Crippen MR) is 106 cm³/mol. The quantitative estimate of drug-likeness (QED) is 0.717. The highest BCUT2D eigenvalue weighted by Crippen LogP contribution is 2.29. The van der Waals surface area contributed by atoms with E-state index in [9.17, 15) is 9.90 Å². The molecule has 0 aliphatic carbocycles. The minimum Gasteiger partial charge on any atom is -0.508 e. The maximum Gasteiger partial charge on any atom is 0.231 e. The Morgan fingerprint density at radius 2 is 2.36 bits per heavy atom. The Morgan fingerprint density at radius 3 is 3.07 bits per heavy atom. The summed E-state index contributed by atoms with van der Waals surface area (Å²) in [7, 11) is 1.87. The van der Waals surface area contributed by atoms with Gasteiger partial charge in [0.15, 0.2) is 0 Å². The summed E-state index contributed by atoms with van der Waals surface area (Å²) in [5.74, 6) is 1.07. The number of rotatable bonds is 6. The van der Waals surface area contributed by atoms with Gasteiger partial charge in [-0.25, -0.2) is 4.68 Å². The molecule has 2 aromatic rings. The maximum absolute atomic E-state index is 12.7. The minimum absolute atomic E-state index is 0.128. The fourth-order valence-corrected chi connectivity index (χ4v) is 4.78. The van der Waals surface area contributed by atoms with Gasteiger partial charge in [0.05, 0.1) is 31.7 Å². The number of amides is 1. The van der Waals surface area contributed by atoms with Crippen molar-refractivity contribution < 1.29 is 14.8 Å². The van der Waals surface area contributed by atoms with Gasteiger partial charge < -0.3 is 14.9 Å². The smallest absolute Gasteiger partial charge is 0.231 e. The van der Waals surface area contributed by atoms with Crippen molar-refractivity contribution in [1.29, 1.82) is 0 Å². The van der Waals surface area contributed by atoms with Crippen LogP contribution in [0.4, 0.5) is 0 Å². The molecule has 28 heavy (non-hydrogen) atoms. The first kappa shape index (κ1) is 18.7. The number of fused-ring (bicyclic) bond motifs is 3. The molecule has 0 saturated carbocycles. The Kier molecular flexibility index (Phi) is 5.17. The van der Waals surface area contributed by atoms with Crippen LogP contribution >= 0.6 is 0 Å². The average Bonchev–Trinajstić information content (AvgIpc) is 3.16. The first-order valence-corrected chi connectivity index (χ1v) is 9.95. The molecule has 3 aliphatic rings. The molecule has 7 nitrogen and oxygen atoms in total. The number of likely N-dealkylation sites (N-methyl/N-ethyl adjacent to an activating group) is 1. The fourth-order valence-electron chi connectivity index (χ4n) is 4.78. The number of quaternary nitrogens is 1. The lowest BCUT2D eigenvalue weighted by molar-refractivity contribution is -0.945. The molecular weight excluding hydrogens is 354 g/mol. The number of aromatic hydroxyl groups is 1. The number of hydrogen-bond donors (Lipinski definition) is 2. The molecule has 4 atom stereocenters. The maximum atomic E-state index is 12.7. The third-order valence-corrected chi connectivity index (χ3v) is 6.24. The molecule has 1 aromatic carbocycles. The lowest BCUT2D eigenvalue weighted by Crippen LogP contribution is -3.20. The van der Waals surface area contributed by atoms with E-state index in [-0.39, 0.29) is 17.6 Å². The van der Waals surface area contributed by atoms with Crippen LogP contribution in [0.15, 0.2) is 43.1 Å². The largest absolute Gasteiger partial charge is 0.508 e. The highest BCUT2D eigenvalue weighted by Gasteiger charge is 2.47. The first-order valence-electron chi connectivity index (χ1n) is 9.95. The van der Waals surface area contributed by atoms with Gasteiger partial charge in [0.2, 0.25) is 5.91 Å². The van der Waals surface area contributed by atoms with Crippen molar-refractivity contribution in [3.63, 3.8) is 0 Å². The highest BCUT2D eigenvalue weighted by molar-refractivity contribution is 5.79. The van der Waals surface area contributed by atoms with Gasteiger partial charge in [0.1, 0.15) is 17.5 Å². The molecule has 3 saturated heterocycles. The predicted octanol–water partition coefficient (Wildman–Crippen LogP) is 0.588. The molecule has 0 spiro atoms. The van der Waals surface area contributed by atoms with Crippen molar-refractivity contribution >= 4 is 5.91 Å². The van der Waals surface area contributed by atoms with E-state index in [1.54, 1.807) is 29.2 Å². The van der Waals surface area contributed by atoms with E-state index < -0.39 is 0 Å². The van der Waals surface area contributed by atoms with Crippen LogP contribution in [0.2, 0.25) is 0 Å². The number of carbonyl (C=O) groups is 1. The molecule has 2 bridgehead atoms. The van der Waals surface area contributed by atoms with Gasteiger partial charge in [-0.1, -0.05) is 23.4 Å². The number of hydrogen-bond acceptors (Lipinski definition) is 4. The molecule has 0 radical (unpaired) electrons. The molecule has 1 aromatic heterocycles. The number of benzene rings is 1. The van der Waals surface area contributed by atoms with Crippen molar-refractivity contribution in [2.45, 2.75) is 25.4 Å². The van der Waals surface area contributed by atoms with Gasteiger partial charge in [0, 0.05) is 32.0 Å². The van der Waals surface area contributed by atoms with E-state index in [1.807, 2.05) is 24.0 Å². The van der Waals surface area contributed by atoms with Crippen LogP contribution in [0.5, 0.6) is 5.75 Å². The standard InChI is InChI=1S/C21H27N5O2/c1-3-8-24(2)21(28)19-13-25-9-7-15(19)10-17(25)12-26-14-20(22-23-26)16-5-4-6-18(27)11-16/h3-6,11,14-15,17,19,27H,1,7-10,12-13H2,2H3/p+1/t15-,17-,19+/m1/s1. The second-order valence-corrected chi connectivity index (χ2v) is 8.08. The highest BCUT2D eigenvalue weighted by atomic mass is 16.3. The summed E-state index contributed by atoms with van der Waals surface area (Å²) >= 11 is 0. The summed E-state index contributed by atoms with van der Waals surface area (Å²) in [5, 5.41) is 18.2. The summed E-state index contributed by atoms with van der Waals surface area (Å²) in [6, 6.07) is 7.53. The summed E-state index contributed by atoms with van der Waals surface area (Å²) in [5.41, 5.74) is 1.63. The average molecular weight is 382 g/mol. The third kappa shape index (κ3) is 3.67. The molecule has 2 N–H and O–H groups in total. The van der Waals surface area contributed by atoms with E-state index in [1.165, 1.54) is 4.90 Å². The Hall–Kier alpha value is -2.67. The number of nitrogens with one attached hydrogen (secondary N) is 1. The van der Waals surface area contributed by atoms with Gasteiger partial charge in [-0.2, -0.15) is 0 Å². The van der Waals surface area contributed by atoms with Gasteiger partial charge in [-0.3, -0.25) is 4.79 Å². The monoisotopic (exact) mass is 382 g/mol. The molecule has 3 fully saturated rings. The number of phenols is 1. The zero-order valence-corrected chi connectivity index (χ0v) is 16.3. The van der Waals surface area contributed by atoms with E-state index >= 15 is 0 Å². The first-order chi connectivity index (χ1) is 13.5. The van der Waals surface area contributed by atoms with Crippen LogP contribution in [0.25, 0.3) is 11.3 Å². The van der Waals surface area contributed by atoms with E-state index in [0.717, 1.165) is 43.7 Å². The lowest BCUT2D eigenvalue weighted by Gasteiger charge is -2.46. The molecule has 3 aliphatic heterocycles. The third-order valence-electron chi connectivity index (χ3n) is 6.24. The Bertz CT molecular complexity index is 864. The van der Waals surface area contributed by atoms with Crippen LogP contribution in [-0.2, 0) is 11.3 Å². The van der Waals surface area contributed by atoms with Gasteiger partial charge in [-0.15, -0.1) is 11.7 Å². The second kappa shape index (κ2) is 7.75. The molecule has 4 heterocycles. The summed E-state index contributed by atoms with van der Waals surface area (Å²) in [6.07, 6.45) is 5.90. The van der Waals surface area contributed by atoms with Crippen LogP contribution in [0.1, 0.15) is 12.8 Å². The molecule has 148 valence electrons. The topological polar surface area (TPSA) is 75.7 Å². The van der Waals surface area contributed by atoms with Crippen molar-refractivity contribution in [2.75, 3.05) is 26.7 Å². The van der Waals surface area contributed by atoms with Gasteiger partial charge in [0.25, 0.3) is 0 Å². The summed E-state index contributed by atoms with van der Waals surface area (Å²) in [4.78, 5) is 16.0. The minimum atomic E-state index is 0.128. The van der Waals surface area contributed by atoms with Crippen LogP contribution < -0.4 is 4.90 Å². The Morgan fingerprint density at radius 1 is 1.50 bits per heavy atom. The fraction of sp³-hybridized carbons (Fsp3) is 0.476. The van der Waals surface area contributed by atoms with E-state index in [0.29, 0.717) is 18.5 Å². The summed E-state index contributed by atoms with van der Waals surface area (Å²) in [6.45, 7) is 7.18. The second-order valence-electron chi connectivity index (χ2n) is 8.08. The van der Waals surface area contributed by atoms with Crippen LogP contribution in [0, 0.1) is 11.8 Å². The molecule has 5 rings (SSSR count). The van der Waals surface area contributed by atoms with Crippen LogP contribution in [0.3, 0.4) is 0 Å². The number of nitrogens with zero attached hydrogens (tertiary/aromatic N) is 4. The van der Waals surface area contributed by atoms with Gasteiger partial charge >= 0.3 is 0 Å². The number of carbonyl (C=O) groups excluding carboxylic acids is 1. The van der Waals surface area contributed by atoms with E-state index in [2.05, 4.69) is 16.9 Å². The summed E-state index contributed by atoms with van der Waals surface area (Å²) < 4.78 is 1.90. The molecule has 1 unspecified atom stereocenters. The lowest BCUT2D eigenvalue weighted by atomic mass is 9.75.